The van der Waals surface area contributed by atoms with E-state index in [1.165, 1.54) is 43.4 Å². The zero-order valence-corrected chi connectivity index (χ0v) is 16.2. The minimum Gasteiger partial charge on any atom is -0.355 e. The number of amides is 3. The van der Waals surface area contributed by atoms with Crippen LogP contribution in [0, 0.1) is 23.7 Å². The molecule has 1 heterocycles. The number of likely N-dealkylation sites (tertiary alicyclic amines) is 1. The van der Waals surface area contributed by atoms with Crippen molar-refractivity contribution in [2.24, 2.45) is 23.7 Å². The SMILES string of the molecule is CC1CCCC(CCNC(=O)CN2C(=O)C3CCCCC3C2=O)CCC1. The Labute approximate surface area is 157 Å². The topological polar surface area (TPSA) is 66.5 Å². The van der Waals surface area contributed by atoms with Crippen molar-refractivity contribution < 1.29 is 14.4 Å². The molecule has 0 aromatic rings. The van der Waals surface area contributed by atoms with Gasteiger partial charge in [-0.3, -0.25) is 19.3 Å². The highest BCUT2D eigenvalue weighted by Gasteiger charge is 2.48. The monoisotopic (exact) mass is 362 g/mol. The molecule has 5 nitrogen and oxygen atoms in total. The van der Waals surface area contributed by atoms with Gasteiger partial charge in [0.25, 0.3) is 0 Å². The van der Waals surface area contributed by atoms with E-state index in [0.29, 0.717) is 12.5 Å². The highest BCUT2D eigenvalue weighted by Crippen LogP contribution is 2.37. The van der Waals surface area contributed by atoms with Gasteiger partial charge in [-0.05, 0) is 31.1 Å². The van der Waals surface area contributed by atoms with Crippen LogP contribution in [0.2, 0.25) is 0 Å². The normalized spacial score (nSPS) is 32.7. The molecule has 3 fully saturated rings. The van der Waals surface area contributed by atoms with Gasteiger partial charge in [0.2, 0.25) is 17.7 Å². The number of nitrogens with zero attached hydrogens (tertiary/aromatic N) is 1. The van der Waals surface area contributed by atoms with E-state index in [1.54, 1.807) is 0 Å². The number of rotatable bonds is 5. The third kappa shape index (κ3) is 4.66. The van der Waals surface area contributed by atoms with Crippen LogP contribution < -0.4 is 5.32 Å². The average molecular weight is 363 g/mol. The predicted octanol–water partition coefficient (Wildman–Crippen LogP) is 3.27. The van der Waals surface area contributed by atoms with E-state index in [-0.39, 0.29) is 36.1 Å². The maximum Gasteiger partial charge on any atom is 0.240 e. The molecule has 26 heavy (non-hydrogen) atoms. The maximum absolute atomic E-state index is 12.4. The lowest BCUT2D eigenvalue weighted by molar-refractivity contribution is -0.143. The van der Waals surface area contributed by atoms with Gasteiger partial charge in [0, 0.05) is 6.54 Å². The van der Waals surface area contributed by atoms with Gasteiger partial charge in [0.15, 0.2) is 0 Å². The summed E-state index contributed by atoms with van der Waals surface area (Å²) in [5.74, 6) is 0.788. The Morgan fingerprint density at radius 2 is 1.50 bits per heavy atom. The summed E-state index contributed by atoms with van der Waals surface area (Å²) in [7, 11) is 0. The van der Waals surface area contributed by atoms with Gasteiger partial charge in [0.05, 0.1) is 11.8 Å². The Bertz CT molecular complexity index is 499. The van der Waals surface area contributed by atoms with Crippen LogP contribution in [-0.2, 0) is 14.4 Å². The number of hydrogen-bond acceptors (Lipinski definition) is 3. The van der Waals surface area contributed by atoms with Crippen molar-refractivity contribution in [3.05, 3.63) is 0 Å². The van der Waals surface area contributed by atoms with Crippen LogP contribution in [0.3, 0.4) is 0 Å². The van der Waals surface area contributed by atoms with Crippen LogP contribution in [0.1, 0.15) is 77.6 Å². The van der Waals surface area contributed by atoms with Crippen molar-refractivity contribution in [2.45, 2.75) is 77.6 Å². The molecule has 0 bridgehead atoms. The van der Waals surface area contributed by atoms with E-state index in [4.69, 9.17) is 0 Å². The first-order valence-corrected chi connectivity index (χ1v) is 10.7. The lowest BCUT2D eigenvalue weighted by atomic mass is 9.81. The summed E-state index contributed by atoms with van der Waals surface area (Å²) >= 11 is 0. The lowest BCUT2D eigenvalue weighted by Gasteiger charge is -2.22. The summed E-state index contributed by atoms with van der Waals surface area (Å²) < 4.78 is 0. The summed E-state index contributed by atoms with van der Waals surface area (Å²) in [6.07, 6.45) is 12.4. The average Bonchev–Trinajstić information content (AvgIpc) is 2.85. The van der Waals surface area contributed by atoms with Gasteiger partial charge in [-0.15, -0.1) is 0 Å². The van der Waals surface area contributed by atoms with E-state index in [9.17, 15) is 14.4 Å². The summed E-state index contributed by atoms with van der Waals surface area (Å²) in [5, 5.41) is 2.94. The first kappa shape index (κ1) is 19.4. The van der Waals surface area contributed by atoms with Crippen LogP contribution in [0.4, 0.5) is 0 Å². The number of nitrogens with one attached hydrogen (secondary N) is 1. The van der Waals surface area contributed by atoms with Crippen molar-refractivity contribution >= 4 is 17.7 Å². The molecule has 1 aliphatic heterocycles. The molecule has 0 aromatic heterocycles. The van der Waals surface area contributed by atoms with E-state index in [1.807, 2.05) is 0 Å². The quantitative estimate of drug-likeness (QED) is 0.763. The number of carbonyl (C=O) groups is 3. The van der Waals surface area contributed by atoms with Crippen LogP contribution in [0.15, 0.2) is 0 Å². The third-order valence-electron chi connectivity index (χ3n) is 6.73. The lowest BCUT2D eigenvalue weighted by Crippen LogP contribution is -2.41. The molecule has 5 heteroatoms. The van der Waals surface area contributed by atoms with Crippen molar-refractivity contribution in [1.82, 2.24) is 10.2 Å². The van der Waals surface area contributed by atoms with Gasteiger partial charge in [-0.2, -0.15) is 0 Å². The summed E-state index contributed by atoms with van der Waals surface area (Å²) in [6.45, 7) is 2.91. The zero-order valence-electron chi connectivity index (χ0n) is 16.2. The van der Waals surface area contributed by atoms with Gasteiger partial charge in [0.1, 0.15) is 6.54 Å². The molecule has 2 atom stereocenters. The largest absolute Gasteiger partial charge is 0.355 e. The summed E-state index contributed by atoms with van der Waals surface area (Å²) in [5.41, 5.74) is 0. The van der Waals surface area contributed by atoms with E-state index < -0.39 is 0 Å². The van der Waals surface area contributed by atoms with Crippen molar-refractivity contribution in [3.63, 3.8) is 0 Å². The molecule has 3 aliphatic rings. The van der Waals surface area contributed by atoms with Gasteiger partial charge in [-0.25, -0.2) is 0 Å². The minimum absolute atomic E-state index is 0.0904. The maximum atomic E-state index is 12.4. The van der Waals surface area contributed by atoms with Crippen LogP contribution >= 0.6 is 0 Å². The first-order valence-electron chi connectivity index (χ1n) is 10.7. The highest BCUT2D eigenvalue weighted by atomic mass is 16.2. The molecule has 2 aliphatic carbocycles. The second kappa shape index (κ2) is 9.01. The molecule has 1 saturated heterocycles. The Morgan fingerprint density at radius 3 is 2.08 bits per heavy atom. The number of carbonyl (C=O) groups excluding carboxylic acids is 3. The summed E-state index contributed by atoms with van der Waals surface area (Å²) in [6, 6.07) is 0. The molecule has 0 spiro atoms. The van der Waals surface area contributed by atoms with Crippen molar-refractivity contribution in [2.75, 3.05) is 13.1 Å². The Kier molecular flexibility index (Phi) is 6.71. The van der Waals surface area contributed by atoms with Crippen molar-refractivity contribution in [3.8, 4) is 0 Å². The van der Waals surface area contributed by atoms with Gasteiger partial charge < -0.3 is 5.32 Å². The first-order chi connectivity index (χ1) is 12.6. The molecule has 0 radical (unpaired) electrons. The fourth-order valence-electron chi connectivity index (χ4n) is 5.09. The van der Waals surface area contributed by atoms with E-state index in [2.05, 4.69) is 12.2 Å². The zero-order chi connectivity index (χ0) is 18.5. The molecular formula is C21H34N2O3. The van der Waals surface area contributed by atoms with Gasteiger partial charge in [-0.1, -0.05) is 58.3 Å². The van der Waals surface area contributed by atoms with Crippen LogP contribution in [0.25, 0.3) is 0 Å². The molecule has 1 N–H and O–H groups in total. The second-order valence-electron chi connectivity index (χ2n) is 8.73. The minimum atomic E-state index is -0.190. The number of fused-ring (bicyclic) bond motifs is 1. The molecule has 0 aromatic carbocycles. The molecule has 2 unspecified atom stereocenters. The second-order valence-corrected chi connectivity index (χ2v) is 8.73. The van der Waals surface area contributed by atoms with Gasteiger partial charge >= 0.3 is 0 Å². The molecular weight excluding hydrogens is 328 g/mol. The standard InChI is InChI=1S/C21H34N2O3/c1-15-6-4-8-16(9-5-7-15)12-13-22-19(24)14-23-20(25)17-10-2-3-11-18(17)21(23)26/h15-18H,2-14H2,1H3,(H,22,24). The molecule has 2 saturated carbocycles. The van der Waals surface area contributed by atoms with Crippen LogP contribution in [-0.4, -0.2) is 35.7 Å². The highest BCUT2D eigenvalue weighted by molar-refractivity contribution is 6.07. The third-order valence-corrected chi connectivity index (χ3v) is 6.73. The number of imide groups is 1. The molecule has 3 amide bonds. The number of hydrogen-bond donors (Lipinski definition) is 1. The Balaban J connectivity index is 1.40. The molecule has 146 valence electrons. The van der Waals surface area contributed by atoms with E-state index in [0.717, 1.165) is 38.0 Å². The fourth-order valence-corrected chi connectivity index (χ4v) is 5.09. The molecule has 3 rings (SSSR count). The predicted molar refractivity (Wildman–Crippen MR) is 100 cm³/mol. The van der Waals surface area contributed by atoms with Crippen molar-refractivity contribution in [1.29, 1.82) is 0 Å². The summed E-state index contributed by atoms with van der Waals surface area (Å²) in [4.78, 5) is 38.3. The Morgan fingerprint density at radius 1 is 0.923 bits per heavy atom. The fraction of sp³-hybridized carbons (Fsp3) is 0.857. The Hall–Kier alpha value is -1.39. The van der Waals surface area contributed by atoms with E-state index >= 15 is 0 Å². The van der Waals surface area contributed by atoms with Crippen LogP contribution in [0.5, 0.6) is 0 Å². The smallest absolute Gasteiger partial charge is 0.240 e.